The molecule has 1 saturated carbocycles. The van der Waals surface area contributed by atoms with Crippen LogP contribution in [0.2, 0.25) is 11.5 Å². The summed E-state index contributed by atoms with van der Waals surface area (Å²) in [6, 6.07) is 24.2. The monoisotopic (exact) mass is 403 g/mol. The predicted octanol–water partition coefficient (Wildman–Crippen LogP) is 5.23. The van der Waals surface area contributed by atoms with Crippen molar-refractivity contribution in [3.05, 3.63) is 78.5 Å². The summed E-state index contributed by atoms with van der Waals surface area (Å²) in [5.74, 6) is 5.78. The van der Waals surface area contributed by atoms with Crippen LogP contribution in [-0.2, 0) is 0 Å². The number of aromatic nitrogens is 1. The van der Waals surface area contributed by atoms with E-state index in [0.29, 0.717) is 5.92 Å². The summed E-state index contributed by atoms with van der Waals surface area (Å²) in [6.07, 6.45) is 7.59. The summed E-state index contributed by atoms with van der Waals surface area (Å²) >= 11 is -2.38. The Morgan fingerprint density at radius 1 is 0.846 bits per heavy atom. The molecule has 0 atom stereocenters. The average Bonchev–Trinajstić information content (AvgIpc) is 3.23. The molecule has 0 N–H and O–H groups in total. The quantitative estimate of drug-likeness (QED) is 0.545. The van der Waals surface area contributed by atoms with E-state index in [-0.39, 0.29) is 0 Å². The second-order valence-electron chi connectivity index (χ2n) is 8.00. The molecule has 0 saturated heterocycles. The van der Waals surface area contributed by atoms with E-state index in [4.69, 9.17) is 4.98 Å². The van der Waals surface area contributed by atoms with Gasteiger partial charge < -0.3 is 0 Å². The van der Waals surface area contributed by atoms with E-state index in [0.717, 1.165) is 5.69 Å². The summed E-state index contributed by atoms with van der Waals surface area (Å²) in [5, 5.41) is 0. The van der Waals surface area contributed by atoms with Crippen LogP contribution in [0.25, 0.3) is 11.3 Å². The zero-order valence-electron chi connectivity index (χ0n) is 15.8. The van der Waals surface area contributed by atoms with Gasteiger partial charge in [-0.2, -0.15) is 0 Å². The molecule has 1 fully saturated rings. The van der Waals surface area contributed by atoms with Crippen molar-refractivity contribution in [2.75, 3.05) is 0 Å². The molecule has 4 rings (SSSR count). The van der Waals surface area contributed by atoms with Crippen LogP contribution in [0.4, 0.5) is 0 Å². The van der Waals surface area contributed by atoms with Gasteiger partial charge in [0.05, 0.1) is 0 Å². The number of hydrogen-bond donors (Lipinski definition) is 0. The van der Waals surface area contributed by atoms with Crippen molar-refractivity contribution in [2.24, 2.45) is 0 Å². The Morgan fingerprint density at radius 2 is 1.46 bits per heavy atom. The van der Waals surface area contributed by atoms with Crippen LogP contribution in [0.3, 0.4) is 0 Å². The fourth-order valence-corrected chi connectivity index (χ4v) is 10.3. The maximum atomic E-state index is 4.89. The number of pyridine rings is 1. The second kappa shape index (κ2) is 7.40. The molecule has 1 nitrogen and oxygen atoms in total. The van der Waals surface area contributed by atoms with Gasteiger partial charge in [0.2, 0.25) is 0 Å². The summed E-state index contributed by atoms with van der Waals surface area (Å²) in [4.78, 5) is 4.89. The van der Waals surface area contributed by atoms with Crippen molar-refractivity contribution in [3.8, 4) is 11.3 Å². The zero-order valence-corrected chi connectivity index (χ0v) is 17.9. The Labute approximate surface area is 159 Å². The van der Waals surface area contributed by atoms with E-state index >= 15 is 0 Å². The van der Waals surface area contributed by atoms with E-state index < -0.39 is 13.3 Å². The van der Waals surface area contributed by atoms with Crippen molar-refractivity contribution in [2.45, 2.75) is 43.1 Å². The Morgan fingerprint density at radius 3 is 2.12 bits per heavy atom. The normalized spacial score (nSPS) is 15.3. The van der Waals surface area contributed by atoms with E-state index in [1.54, 1.807) is 8.79 Å². The first-order valence-electron chi connectivity index (χ1n) is 9.77. The minimum absolute atomic E-state index is 0.705. The molecule has 0 spiro atoms. The third-order valence-electron chi connectivity index (χ3n) is 5.97. The van der Waals surface area contributed by atoms with Crippen molar-refractivity contribution < 1.29 is 0 Å². The van der Waals surface area contributed by atoms with Crippen LogP contribution in [0.1, 0.15) is 37.2 Å². The Balaban J connectivity index is 1.86. The molecule has 26 heavy (non-hydrogen) atoms. The summed E-state index contributed by atoms with van der Waals surface area (Å²) in [7, 11) is 0. The van der Waals surface area contributed by atoms with E-state index in [1.807, 2.05) is 0 Å². The van der Waals surface area contributed by atoms with Crippen LogP contribution < -0.4 is 8.79 Å². The molecule has 2 heteroatoms. The molecule has 0 radical (unpaired) electrons. The maximum absolute atomic E-state index is 4.89. The molecule has 0 amide bonds. The average molecular weight is 402 g/mol. The van der Waals surface area contributed by atoms with Crippen LogP contribution >= 0.6 is 0 Å². The van der Waals surface area contributed by atoms with E-state index in [1.165, 1.54) is 36.8 Å². The summed E-state index contributed by atoms with van der Waals surface area (Å²) < 4.78 is 3.17. The first-order valence-corrected chi connectivity index (χ1v) is 16.1. The molecule has 0 bridgehead atoms. The molecule has 0 unspecified atom stereocenters. The number of hydrogen-bond acceptors (Lipinski definition) is 1. The summed E-state index contributed by atoms with van der Waals surface area (Å²) in [5.41, 5.74) is 3.88. The van der Waals surface area contributed by atoms with Crippen molar-refractivity contribution in [3.63, 3.8) is 0 Å². The van der Waals surface area contributed by atoms with Crippen LogP contribution in [0.15, 0.2) is 72.9 Å². The summed E-state index contributed by atoms with van der Waals surface area (Å²) in [6.45, 7) is 0. The molecule has 3 aromatic rings. The molecule has 2 aromatic carbocycles. The van der Waals surface area contributed by atoms with Gasteiger partial charge in [-0.1, -0.05) is 0 Å². The van der Waals surface area contributed by atoms with Gasteiger partial charge in [0.15, 0.2) is 0 Å². The standard InChI is InChI=1S/C24H27GeN/c1-25(2,21-15-7-4-8-16-21)23-17-24(20-13-5-3-6-14-20)26-18-22(23)19-11-9-10-12-19/h3-8,13-19H,9-12H2,1-2H3. The number of rotatable bonds is 4. The molecule has 1 heterocycles. The molecular weight excluding hydrogens is 375 g/mol. The van der Waals surface area contributed by atoms with Gasteiger partial charge in [0.25, 0.3) is 0 Å². The molecule has 132 valence electrons. The predicted molar refractivity (Wildman–Crippen MR) is 114 cm³/mol. The van der Waals surface area contributed by atoms with Crippen LogP contribution in [-0.4, -0.2) is 18.3 Å². The van der Waals surface area contributed by atoms with Gasteiger partial charge in [0, 0.05) is 0 Å². The molecule has 0 aliphatic heterocycles. The van der Waals surface area contributed by atoms with Crippen molar-refractivity contribution in [1.82, 2.24) is 4.98 Å². The second-order valence-corrected chi connectivity index (χ2v) is 17.2. The van der Waals surface area contributed by atoms with Crippen LogP contribution in [0, 0.1) is 0 Å². The fourth-order valence-electron chi connectivity index (χ4n) is 4.35. The third-order valence-corrected chi connectivity index (χ3v) is 13.4. The molecule has 1 aliphatic rings. The first-order chi connectivity index (χ1) is 12.7. The first kappa shape index (κ1) is 17.5. The zero-order chi connectivity index (χ0) is 18.0. The van der Waals surface area contributed by atoms with Gasteiger partial charge in [-0.15, -0.1) is 0 Å². The van der Waals surface area contributed by atoms with Gasteiger partial charge >= 0.3 is 160 Å². The SMILES string of the molecule is [CH3][Ge]([CH3])([c]1ccccc1)[c]1cc(-c2ccccc2)ncc1C1CCCC1. The molecule has 1 aromatic heterocycles. The van der Waals surface area contributed by atoms with Gasteiger partial charge in [-0.05, 0) is 0 Å². The number of nitrogens with zero attached hydrogens (tertiary/aromatic N) is 1. The topological polar surface area (TPSA) is 12.9 Å². The molecule has 1 aliphatic carbocycles. The van der Waals surface area contributed by atoms with Gasteiger partial charge in [0.1, 0.15) is 0 Å². The van der Waals surface area contributed by atoms with Crippen molar-refractivity contribution >= 4 is 22.1 Å². The third kappa shape index (κ3) is 3.37. The van der Waals surface area contributed by atoms with Crippen LogP contribution in [0.5, 0.6) is 0 Å². The van der Waals surface area contributed by atoms with E-state index in [2.05, 4.69) is 84.4 Å². The van der Waals surface area contributed by atoms with Gasteiger partial charge in [-0.3, -0.25) is 0 Å². The fraction of sp³-hybridized carbons (Fsp3) is 0.292. The van der Waals surface area contributed by atoms with E-state index in [9.17, 15) is 0 Å². The Bertz CT molecular complexity index is 865. The molecular formula is C24H27GeN. The Hall–Kier alpha value is -1.87. The van der Waals surface area contributed by atoms with Gasteiger partial charge in [-0.25, -0.2) is 0 Å². The van der Waals surface area contributed by atoms with Crippen molar-refractivity contribution in [1.29, 1.82) is 0 Å². The number of benzene rings is 2. The Kier molecular flexibility index (Phi) is 4.99. The minimum atomic E-state index is -2.38.